The van der Waals surface area contributed by atoms with Gasteiger partial charge in [-0.05, 0) is 18.1 Å². The third-order valence-electron chi connectivity index (χ3n) is 3.27. The first-order chi connectivity index (χ1) is 11.5. The van der Waals surface area contributed by atoms with Crippen molar-refractivity contribution in [3.05, 3.63) is 47.9 Å². The molecule has 1 aromatic heterocycles. The first kappa shape index (κ1) is 17.9. The number of methoxy groups -OCH3 is 1. The summed E-state index contributed by atoms with van der Waals surface area (Å²) in [7, 11) is 1.64. The van der Waals surface area contributed by atoms with E-state index in [0.29, 0.717) is 6.54 Å². The smallest absolute Gasteiger partial charge is 0.338 e. The number of carbonyl (C=O) groups is 2. The predicted molar refractivity (Wildman–Crippen MR) is 90.9 cm³/mol. The van der Waals surface area contributed by atoms with Gasteiger partial charge in [0, 0.05) is 23.3 Å². The van der Waals surface area contributed by atoms with E-state index in [1.54, 1.807) is 18.9 Å². The lowest BCUT2D eigenvalue weighted by Gasteiger charge is -2.13. The van der Waals surface area contributed by atoms with Crippen LogP contribution in [0.5, 0.6) is 5.75 Å². The number of nitrogens with one attached hydrogen (secondary N) is 1. The molecule has 0 radical (unpaired) electrons. The number of thioether (sulfide) groups is 1. The number of hydrogen-bond acceptors (Lipinski definition) is 5. The van der Waals surface area contributed by atoms with Crippen molar-refractivity contribution in [2.75, 3.05) is 19.4 Å². The maximum Gasteiger partial charge on any atom is 0.338 e. The fraction of sp³-hybridized carbons (Fsp3) is 0.294. The van der Waals surface area contributed by atoms with E-state index in [1.165, 1.54) is 6.07 Å². The Labute approximate surface area is 144 Å². The lowest BCUT2D eigenvalue weighted by molar-refractivity contribution is 0.0696. The first-order valence-electron chi connectivity index (χ1n) is 7.37. The van der Waals surface area contributed by atoms with Crippen LogP contribution in [0.15, 0.2) is 45.9 Å². The molecule has 1 heterocycles. The van der Waals surface area contributed by atoms with Gasteiger partial charge in [0.05, 0.1) is 12.7 Å². The Hall–Kier alpha value is -2.41. The van der Waals surface area contributed by atoms with Crippen molar-refractivity contribution in [2.24, 2.45) is 5.92 Å². The minimum Gasteiger partial charge on any atom is -0.496 e. The van der Waals surface area contributed by atoms with E-state index in [0.717, 1.165) is 22.7 Å². The zero-order valence-corrected chi connectivity index (χ0v) is 14.3. The number of benzene rings is 1. The summed E-state index contributed by atoms with van der Waals surface area (Å²) in [5, 5.41) is 11.6. The number of hydrogen-bond donors (Lipinski definition) is 2. The predicted octanol–water partition coefficient (Wildman–Crippen LogP) is 3.14. The molecule has 24 heavy (non-hydrogen) atoms. The third kappa shape index (κ3) is 4.79. The van der Waals surface area contributed by atoms with Crippen molar-refractivity contribution < 1.29 is 23.8 Å². The van der Waals surface area contributed by atoms with Crippen molar-refractivity contribution in [3.63, 3.8) is 0 Å². The van der Waals surface area contributed by atoms with E-state index in [4.69, 9.17) is 14.3 Å². The normalized spacial score (nSPS) is 11.8. The fourth-order valence-corrected chi connectivity index (χ4v) is 3.00. The highest BCUT2D eigenvalue weighted by Crippen LogP contribution is 2.29. The number of para-hydroxylation sites is 1. The number of amides is 1. The minimum atomic E-state index is -1.13. The van der Waals surface area contributed by atoms with Crippen molar-refractivity contribution >= 4 is 23.6 Å². The Morgan fingerprint density at radius 1 is 1.38 bits per heavy atom. The number of carboxylic acid groups (broad SMARTS) is 1. The maximum atomic E-state index is 11.9. The summed E-state index contributed by atoms with van der Waals surface area (Å²) in [6.45, 7) is 2.48. The maximum absolute atomic E-state index is 11.9. The second-order valence-electron chi connectivity index (χ2n) is 5.28. The van der Waals surface area contributed by atoms with Gasteiger partial charge in [0.15, 0.2) is 5.76 Å². The Bertz CT molecular complexity index is 713. The zero-order chi connectivity index (χ0) is 17.5. The third-order valence-corrected chi connectivity index (χ3v) is 4.66. The van der Waals surface area contributed by atoms with Gasteiger partial charge in [-0.25, -0.2) is 4.79 Å². The number of carbonyl (C=O) groups excluding carboxylic acids is 1. The number of rotatable bonds is 8. The average Bonchev–Trinajstić information content (AvgIpc) is 3.08. The van der Waals surface area contributed by atoms with Crippen molar-refractivity contribution in [2.45, 2.75) is 11.8 Å². The number of ether oxygens (including phenoxy) is 1. The van der Waals surface area contributed by atoms with Crippen LogP contribution in [0.25, 0.3) is 0 Å². The lowest BCUT2D eigenvalue weighted by Crippen LogP contribution is -2.28. The molecule has 0 aliphatic rings. The molecule has 0 spiro atoms. The van der Waals surface area contributed by atoms with Crippen LogP contribution in [0.4, 0.5) is 0 Å². The number of aromatic carboxylic acids is 1. The van der Waals surface area contributed by atoms with Gasteiger partial charge in [-0.3, -0.25) is 4.79 Å². The molecule has 128 valence electrons. The molecule has 0 bridgehead atoms. The molecule has 1 amide bonds. The van der Waals surface area contributed by atoms with Gasteiger partial charge in [-0.15, -0.1) is 11.8 Å². The molecule has 2 rings (SSSR count). The highest BCUT2D eigenvalue weighted by atomic mass is 32.2. The fourth-order valence-electron chi connectivity index (χ4n) is 1.95. The highest BCUT2D eigenvalue weighted by molar-refractivity contribution is 7.99. The lowest BCUT2D eigenvalue weighted by atomic mass is 10.2. The molecule has 1 unspecified atom stereocenters. The van der Waals surface area contributed by atoms with Gasteiger partial charge in [0.2, 0.25) is 0 Å². The Morgan fingerprint density at radius 3 is 2.79 bits per heavy atom. The van der Waals surface area contributed by atoms with Crippen LogP contribution in [0.3, 0.4) is 0 Å². The first-order valence-corrected chi connectivity index (χ1v) is 8.35. The molecule has 0 aliphatic carbocycles. The van der Waals surface area contributed by atoms with E-state index in [1.807, 2.05) is 31.2 Å². The van der Waals surface area contributed by atoms with E-state index in [-0.39, 0.29) is 17.2 Å². The highest BCUT2D eigenvalue weighted by Gasteiger charge is 2.15. The molecule has 2 N–H and O–H groups in total. The molecule has 6 nitrogen and oxygen atoms in total. The monoisotopic (exact) mass is 349 g/mol. The molecular formula is C17H19NO5S. The molecular weight excluding hydrogens is 330 g/mol. The quantitative estimate of drug-likeness (QED) is 0.712. The van der Waals surface area contributed by atoms with Gasteiger partial charge >= 0.3 is 5.97 Å². The summed E-state index contributed by atoms with van der Waals surface area (Å²) >= 11 is 1.66. The van der Waals surface area contributed by atoms with Gasteiger partial charge in [0.25, 0.3) is 5.91 Å². The molecule has 0 saturated carbocycles. The standard InChI is InChI=1S/C17H19NO5S/c1-11(10-24-15-6-4-3-5-13(15)22-2)8-18-16(19)14-7-12(9-23-14)17(20)21/h3-7,9,11H,8,10H2,1-2H3,(H,18,19)(H,20,21). The molecule has 0 fully saturated rings. The summed E-state index contributed by atoms with van der Waals surface area (Å²) in [6.07, 6.45) is 1.05. The average molecular weight is 349 g/mol. The largest absolute Gasteiger partial charge is 0.496 e. The Morgan fingerprint density at radius 2 is 2.12 bits per heavy atom. The van der Waals surface area contributed by atoms with E-state index < -0.39 is 11.9 Å². The van der Waals surface area contributed by atoms with Crippen LogP contribution < -0.4 is 10.1 Å². The summed E-state index contributed by atoms with van der Waals surface area (Å²) < 4.78 is 10.3. The topological polar surface area (TPSA) is 88.8 Å². The Kier molecular flexibility index (Phi) is 6.31. The van der Waals surface area contributed by atoms with E-state index >= 15 is 0 Å². The minimum absolute atomic E-state index is 0.00279. The Balaban J connectivity index is 1.81. The van der Waals surface area contributed by atoms with Crippen LogP contribution in [-0.2, 0) is 0 Å². The number of carboxylic acids is 1. The molecule has 2 aromatic rings. The SMILES string of the molecule is COc1ccccc1SCC(C)CNC(=O)c1cc(C(=O)O)co1. The van der Waals surface area contributed by atoms with Crippen LogP contribution >= 0.6 is 11.8 Å². The number of furan rings is 1. The van der Waals surface area contributed by atoms with Crippen LogP contribution in [-0.4, -0.2) is 36.4 Å². The summed E-state index contributed by atoms with van der Waals surface area (Å²) in [6, 6.07) is 8.98. The molecule has 0 saturated heterocycles. The van der Waals surface area contributed by atoms with Gasteiger partial charge in [-0.1, -0.05) is 19.1 Å². The van der Waals surface area contributed by atoms with Gasteiger partial charge < -0.3 is 19.6 Å². The van der Waals surface area contributed by atoms with Gasteiger partial charge in [-0.2, -0.15) is 0 Å². The van der Waals surface area contributed by atoms with Crippen LogP contribution in [0.1, 0.15) is 27.8 Å². The van der Waals surface area contributed by atoms with Crippen molar-refractivity contribution in [1.29, 1.82) is 0 Å². The van der Waals surface area contributed by atoms with Gasteiger partial charge in [0.1, 0.15) is 12.0 Å². The molecule has 1 atom stereocenters. The van der Waals surface area contributed by atoms with E-state index in [2.05, 4.69) is 5.32 Å². The second kappa shape index (κ2) is 8.44. The van der Waals surface area contributed by atoms with E-state index in [9.17, 15) is 9.59 Å². The molecule has 7 heteroatoms. The van der Waals surface area contributed by atoms with Crippen molar-refractivity contribution in [1.82, 2.24) is 5.32 Å². The van der Waals surface area contributed by atoms with Crippen LogP contribution in [0.2, 0.25) is 0 Å². The van der Waals surface area contributed by atoms with Crippen LogP contribution in [0, 0.1) is 5.92 Å². The molecule has 1 aromatic carbocycles. The molecule has 0 aliphatic heterocycles. The summed E-state index contributed by atoms with van der Waals surface area (Å²) in [5.41, 5.74) is -0.0417. The summed E-state index contributed by atoms with van der Waals surface area (Å²) in [4.78, 5) is 23.8. The zero-order valence-electron chi connectivity index (χ0n) is 13.4. The summed E-state index contributed by atoms with van der Waals surface area (Å²) in [5.74, 6) is 0.306. The van der Waals surface area contributed by atoms with Crippen molar-refractivity contribution in [3.8, 4) is 5.75 Å². The second-order valence-corrected chi connectivity index (χ2v) is 6.34.